The summed E-state index contributed by atoms with van der Waals surface area (Å²) in [5.74, 6) is 0.691. The molecule has 0 amide bonds. The second-order valence-corrected chi connectivity index (χ2v) is 13.6. The molecule has 232 valence electrons. The predicted octanol–water partition coefficient (Wildman–Crippen LogP) is 5.79. The van der Waals surface area contributed by atoms with Gasteiger partial charge in [-0.3, -0.25) is 0 Å². The van der Waals surface area contributed by atoms with Crippen LogP contribution in [0, 0.1) is 0 Å². The molecule has 5 aromatic rings. The molecule has 2 heterocycles. The molecule has 0 spiro atoms. The minimum atomic E-state index is -3.60. The average Bonchev–Trinajstić information content (AvgIpc) is 3.51. The average molecular weight is 643 g/mol. The molecule has 45 heavy (non-hydrogen) atoms. The summed E-state index contributed by atoms with van der Waals surface area (Å²) in [7, 11) is -1.69. The van der Waals surface area contributed by atoms with Gasteiger partial charge in [-0.25, -0.2) is 13.1 Å². The number of rotatable bonds is 11. The third kappa shape index (κ3) is 7.70. The van der Waals surface area contributed by atoms with Crippen molar-refractivity contribution in [2.45, 2.75) is 48.1 Å². The SMILES string of the molecule is Cn1cnnc1SC[C@H]1C[C@@H](c2ccc(CO)cc2)O[C@@H](c2ccc(-c3cccc(CNS(=O)(=O)c4ccccc4)c3)cc2)O1. The molecule has 0 unspecified atom stereocenters. The van der Waals surface area contributed by atoms with Crippen molar-refractivity contribution in [3.63, 3.8) is 0 Å². The fourth-order valence-electron chi connectivity index (χ4n) is 5.15. The Balaban J connectivity index is 1.17. The highest BCUT2D eigenvalue weighted by Crippen LogP contribution is 2.39. The number of hydrogen-bond acceptors (Lipinski definition) is 8. The van der Waals surface area contributed by atoms with Gasteiger partial charge in [-0.05, 0) is 46.0 Å². The van der Waals surface area contributed by atoms with Crippen molar-refractivity contribution in [2.75, 3.05) is 5.75 Å². The quantitative estimate of drug-likeness (QED) is 0.174. The van der Waals surface area contributed by atoms with E-state index in [-0.39, 0.29) is 30.3 Å². The fraction of sp³-hybridized carbons (Fsp3) is 0.235. The summed E-state index contributed by atoms with van der Waals surface area (Å²) < 4.78 is 42.9. The molecule has 0 aliphatic carbocycles. The van der Waals surface area contributed by atoms with Gasteiger partial charge >= 0.3 is 0 Å². The Morgan fingerprint density at radius 3 is 2.36 bits per heavy atom. The summed E-state index contributed by atoms with van der Waals surface area (Å²) >= 11 is 1.60. The van der Waals surface area contributed by atoms with Gasteiger partial charge in [0.1, 0.15) is 6.33 Å². The minimum absolute atomic E-state index is 0.00688. The lowest BCUT2D eigenvalue weighted by atomic mass is 9.99. The van der Waals surface area contributed by atoms with Crippen molar-refractivity contribution in [2.24, 2.45) is 7.05 Å². The van der Waals surface area contributed by atoms with Crippen LogP contribution in [0.5, 0.6) is 0 Å². The van der Waals surface area contributed by atoms with Crippen LogP contribution in [-0.4, -0.2) is 40.1 Å². The Morgan fingerprint density at radius 1 is 0.889 bits per heavy atom. The van der Waals surface area contributed by atoms with Crippen LogP contribution in [0.3, 0.4) is 0 Å². The lowest BCUT2D eigenvalue weighted by Crippen LogP contribution is -2.31. The number of aryl methyl sites for hydroxylation is 1. The van der Waals surface area contributed by atoms with Crippen LogP contribution in [0.2, 0.25) is 0 Å². The lowest BCUT2D eigenvalue weighted by molar-refractivity contribution is -0.245. The van der Waals surface area contributed by atoms with Gasteiger partial charge in [0.05, 0.1) is 23.7 Å². The van der Waals surface area contributed by atoms with Crippen LogP contribution in [0.4, 0.5) is 0 Å². The lowest BCUT2D eigenvalue weighted by Gasteiger charge is -2.36. The number of nitrogens with zero attached hydrogens (tertiary/aromatic N) is 3. The highest BCUT2D eigenvalue weighted by molar-refractivity contribution is 7.99. The Kier molecular flexibility index (Phi) is 9.74. The third-order valence-corrected chi connectivity index (χ3v) is 10.2. The molecule has 6 rings (SSSR count). The number of sulfonamides is 1. The first-order valence-electron chi connectivity index (χ1n) is 14.6. The minimum Gasteiger partial charge on any atom is -0.392 e. The zero-order chi connectivity index (χ0) is 31.2. The molecule has 1 saturated heterocycles. The number of ether oxygens (including phenoxy) is 2. The fourth-order valence-corrected chi connectivity index (χ4v) is 7.09. The molecule has 1 aliphatic rings. The predicted molar refractivity (Wildman–Crippen MR) is 172 cm³/mol. The van der Waals surface area contributed by atoms with E-state index in [1.807, 2.05) is 84.4 Å². The Hall–Kier alpha value is -3.84. The number of hydrogen-bond donors (Lipinski definition) is 2. The number of aliphatic hydroxyl groups excluding tert-OH is 1. The topological polar surface area (TPSA) is 116 Å². The monoisotopic (exact) mass is 642 g/mol. The molecule has 4 aromatic carbocycles. The van der Waals surface area contributed by atoms with Gasteiger partial charge in [-0.2, -0.15) is 0 Å². The summed E-state index contributed by atoms with van der Waals surface area (Å²) in [6.07, 6.45) is 1.52. The van der Waals surface area contributed by atoms with Crippen molar-refractivity contribution >= 4 is 21.8 Å². The van der Waals surface area contributed by atoms with Crippen LogP contribution >= 0.6 is 11.8 Å². The van der Waals surface area contributed by atoms with Crippen LogP contribution in [0.15, 0.2) is 120 Å². The molecule has 0 saturated carbocycles. The summed E-state index contributed by atoms with van der Waals surface area (Å²) in [6.45, 7) is 0.175. The van der Waals surface area contributed by atoms with Gasteiger partial charge in [-0.15, -0.1) is 10.2 Å². The highest BCUT2D eigenvalue weighted by Gasteiger charge is 2.32. The third-order valence-electron chi connectivity index (χ3n) is 7.65. The maximum absolute atomic E-state index is 12.7. The zero-order valence-electron chi connectivity index (χ0n) is 24.7. The number of nitrogens with one attached hydrogen (secondary N) is 1. The molecule has 3 atom stereocenters. The molecule has 1 fully saturated rings. The number of aliphatic hydroxyl groups is 1. The Labute approximate surface area is 267 Å². The first-order valence-corrected chi connectivity index (χ1v) is 17.1. The number of benzene rings is 4. The standard InChI is InChI=1S/C34H34N4O5S2/c1-38-23-35-37-34(38)44-22-30-19-32(27-12-10-24(21-39)11-13-27)43-33(42-30)28-16-14-26(15-17-28)29-7-5-6-25(18-29)20-36-45(40,41)31-8-3-2-4-9-31/h2-18,23,30,32-33,36,39H,19-22H2,1H3/t30-,32+,33+/m1/s1. The van der Waals surface area contributed by atoms with Crippen LogP contribution in [0.25, 0.3) is 11.1 Å². The summed E-state index contributed by atoms with van der Waals surface area (Å²) in [5, 5.41) is 18.5. The van der Waals surface area contributed by atoms with Crippen molar-refractivity contribution in [1.82, 2.24) is 19.5 Å². The molecule has 2 N–H and O–H groups in total. The normalized spacial score (nSPS) is 18.6. The van der Waals surface area contributed by atoms with Crippen molar-refractivity contribution < 1.29 is 23.0 Å². The number of aromatic nitrogens is 3. The van der Waals surface area contributed by atoms with E-state index in [1.54, 1.807) is 48.4 Å². The largest absolute Gasteiger partial charge is 0.392 e. The maximum Gasteiger partial charge on any atom is 0.240 e. The van der Waals surface area contributed by atoms with Gasteiger partial charge in [0.25, 0.3) is 0 Å². The molecule has 0 bridgehead atoms. The number of thioether (sulfide) groups is 1. The molecule has 11 heteroatoms. The Morgan fingerprint density at radius 2 is 1.64 bits per heavy atom. The summed E-state index contributed by atoms with van der Waals surface area (Å²) in [5.41, 5.74) is 5.61. The van der Waals surface area contributed by atoms with E-state index in [0.29, 0.717) is 12.2 Å². The first-order chi connectivity index (χ1) is 21.9. The van der Waals surface area contributed by atoms with Crippen LogP contribution < -0.4 is 4.72 Å². The molecular formula is C34H34N4O5S2. The van der Waals surface area contributed by atoms with Gasteiger partial charge in [0.2, 0.25) is 10.0 Å². The van der Waals surface area contributed by atoms with E-state index in [0.717, 1.165) is 38.5 Å². The van der Waals surface area contributed by atoms with E-state index < -0.39 is 16.3 Å². The van der Waals surface area contributed by atoms with Crippen LogP contribution in [0.1, 0.15) is 41.1 Å². The van der Waals surface area contributed by atoms with E-state index in [4.69, 9.17) is 9.47 Å². The second kappa shape index (κ2) is 14.1. The summed E-state index contributed by atoms with van der Waals surface area (Å²) in [4.78, 5) is 0.239. The van der Waals surface area contributed by atoms with Crippen molar-refractivity contribution in [3.05, 3.63) is 132 Å². The van der Waals surface area contributed by atoms with Gasteiger partial charge < -0.3 is 19.1 Å². The molecule has 1 aromatic heterocycles. The molecular weight excluding hydrogens is 609 g/mol. The molecule has 9 nitrogen and oxygen atoms in total. The molecule has 1 aliphatic heterocycles. The van der Waals surface area contributed by atoms with E-state index in [9.17, 15) is 13.5 Å². The van der Waals surface area contributed by atoms with Crippen LogP contribution in [-0.2, 0) is 39.7 Å². The Bertz CT molecular complexity index is 1810. The van der Waals surface area contributed by atoms with Gasteiger partial charge in [0.15, 0.2) is 11.4 Å². The van der Waals surface area contributed by atoms with E-state index >= 15 is 0 Å². The maximum atomic E-state index is 12.7. The summed E-state index contributed by atoms with van der Waals surface area (Å²) in [6, 6.07) is 32.1. The van der Waals surface area contributed by atoms with Crippen molar-refractivity contribution in [3.8, 4) is 11.1 Å². The smallest absolute Gasteiger partial charge is 0.240 e. The van der Waals surface area contributed by atoms with E-state index in [2.05, 4.69) is 14.9 Å². The van der Waals surface area contributed by atoms with Crippen molar-refractivity contribution in [1.29, 1.82) is 0 Å². The second-order valence-electron chi connectivity index (χ2n) is 10.8. The van der Waals surface area contributed by atoms with E-state index in [1.165, 1.54) is 0 Å². The van der Waals surface area contributed by atoms with Gasteiger partial charge in [-0.1, -0.05) is 96.7 Å². The van der Waals surface area contributed by atoms with Gasteiger partial charge in [0, 0.05) is 31.3 Å². The zero-order valence-corrected chi connectivity index (χ0v) is 26.3. The highest BCUT2D eigenvalue weighted by atomic mass is 32.2. The molecule has 0 radical (unpaired) electrons. The first kappa shape index (κ1) is 31.2.